The third-order valence-electron chi connectivity index (χ3n) is 2.84. The van der Waals surface area contributed by atoms with Gasteiger partial charge in [0.1, 0.15) is 4.92 Å². The van der Waals surface area contributed by atoms with Gasteiger partial charge >= 0.3 is 11.9 Å². The Balaban J connectivity index is 2.12. The topological polar surface area (TPSA) is 127 Å². The van der Waals surface area contributed by atoms with Gasteiger partial charge in [-0.3, -0.25) is 14.9 Å². The Morgan fingerprint density at radius 2 is 1.71 bits per heavy atom. The number of anilines is 2. The van der Waals surface area contributed by atoms with Gasteiger partial charge in [0.2, 0.25) is 0 Å². The summed E-state index contributed by atoms with van der Waals surface area (Å²) in [7, 11) is 0. The van der Waals surface area contributed by atoms with Crippen molar-refractivity contribution < 1.29 is 18.9 Å². The van der Waals surface area contributed by atoms with E-state index in [1.54, 1.807) is 24.3 Å². The summed E-state index contributed by atoms with van der Waals surface area (Å²) in [6.07, 6.45) is 0. The number of para-hydroxylation sites is 2. The maximum Gasteiger partial charge on any atom is 0.433 e. The van der Waals surface area contributed by atoms with Gasteiger partial charge in [-0.1, -0.05) is 12.1 Å². The number of rotatable bonds is 5. The fourth-order valence-corrected chi connectivity index (χ4v) is 1.85. The lowest BCUT2D eigenvalue weighted by molar-refractivity contribution is -0.402. The van der Waals surface area contributed by atoms with Crippen LogP contribution in [0.3, 0.4) is 0 Å². The predicted molar refractivity (Wildman–Crippen MR) is 87.0 cm³/mol. The predicted octanol–water partition coefficient (Wildman–Crippen LogP) is 2.97. The van der Waals surface area contributed by atoms with Crippen LogP contribution in [0.4, 0.5) is 22.1 Å². The van der Waals surface area contributed by atoms with Crippen molar-refractivity contribution in [3.8, 4) is 0 Å². The highest BCUT2D eigenvalue weighted by Gasteiger charge is 2.18. The number of nitrogens with zero attached hydrogens (tertiary/aromatic N) is 1. The maximum atomic E-state index is 12.1. The molecule has 0 fully saturated rings. The van der Waals surface area contributed by atoms with Crippen LogP contribution >= 0.6 is 0 Å². The molecule has 0 aliphatic rings. The first-order valence-corrected chi connectivity index (χ1v) is 7.09. The van der Waals surface area contributed by atoms with Crippen molar-refractivity contribution in [3.63, 3.8) is 0 Å². The lowest BCUT2D eigenvalue weighted by atomic mass is 10.2. The van der Waals surface area contributed by atoms with Gasteiger partial charge in [-0.05, 0) is 32.0 Å². The minimum Gasteiger partial charge on any atom is -0.395 e. The van der Waals surface area contributed by atoms with Gasteiger partial charge in [0.15, 0.2) is 5.76 Å². The minimum atomic E-state index is -0.734. The van der Waals surface area contributed by atoms with Crippen LogP contribution in [0, 0.1) is 10.1 Å². The summed E-state index contributed by atoms with van der Waals surface area (Å²) in [5.41, 5.74) is 0.713. The van der Waals surface area contributed by atoms with E-state index in [0.29, 0.717) is 11.4 Å². The second-order valence-corrected chi connectivity index (χ2v) is 5.15. The molecule has 0 spiro atoms. The molecule has 24 heavy (non-hydrogen) atoms. The quantitative estimate of drug-likeness (QED) is 0.573. The van der Waals surface area contributed by atoms with Crippen LogP contribution in [-0.4, -0.2) is 22.9 Å². The third-order valence-corrected chi connectivity index (χ3v) is 2.84. The molecule has 0 radical (unpaired) electrons. The van der Waals surface area contributed by atoms with Crippen molar-refractivity contribution in [2.45, 2.75) is 19.9 Å². The molecule has 0 aliphatic carbocycles. The highest BCUT2D eigenvalue weighted by atomic mass is 16.6. The molecule has 0 bridgehead atoms. The van der Waals surface area contributed by atoms with E-state index in [-0.39, 0.29) is 11.8 Å². The SMILES string of the molecule is CC(C)NC(=O)Nc1ccccc1NC(=O)c1ccc([N+](=O)[O-])o1. The molecule has 2 aromatic rings. The van der Waals surface area contributed by atoms with Crippen LogP contribution in [0.1, 0.15) is 24.4 Å². The van der Waals surface area contributed by atoms with Crippen molar-refractivity contribution in [3.05, 3.63) is 52.3 Å². The molecule has 3 amide bonds. The van der Waals surface area contributed by atoms with Gasteiger partial charge in [-0.15, -0.1) is 0 Å². The van der Waals surface area contributed by atoms with E-state index in [2.05, 4.69) is 16.0 Å². The molecule has 126 valence electrons. The highest BCUT2D eigenvalue weighted by molar-refractivity contribution is 6.05. The van der Waals surface area contributed by atoms with Crippen molar-refractivity contribution in [2.75, 3.05) is 10.6 Å². The van der Waals surface area contributed by atoms with Crippen LogP contribution in [0.2, 0.25) is 0 Å². The molecule has 9 nitrogen and oxygen atoms in total. The molecular weight excluding hydrogens is 316 g/mol. The summed E-state index contributed by atoms with van der Waals surface area (Å²) in [6.45, 7) is 3.63. The Hall–Kier alpha value is -3.36. The molecule has 9 heteroatoms. The van der Waals surface area contributed by atoms with Crippen LogP contribution < -0.4 is 16.0 Å². The minimum absolute atomic E-state index is 0.0459. The number of carbonyl (C=O) groups excluding carboxylic acids is 2. The van der Waals surface area contributed by atoms with Gasteiger partial charge in [-0.25, -0.2) is 4.79 Å². The van der Waals surface area contributed by atoms with E-state index in [1.165, 1.54) is 6.07 Å². The lowest BCUT2D eigenvalue weighted by Gasteiger charge is -2.13. The zero-order valence-electron chi connectivity index (χ0n) is 13.0. The van der Waals surface area contributed by atoms with Crippen LogP contribution in [0.5, 0.6) is 0 Å². The molecule has 0 saturated heterocycles. The number of urea groups is 1. The third kappa shape index (κ3) is 4.32. The summed E-state index contributed by atoms with van der Waals surface area (Å²) in [4.78, 5) is 33.7. The Kier molecular flexibility index (Phi) is 5.15. The van der Waals surface area contributed by atoms with E-state index in [1.807, 2.05) is 13.8 Å². The summed E-state index contributed by atoms with van der Waals surface area (Å²) >= 11 is 0. The van der Waals surface area contributed by atoms with Crippen LogP contribution in [0.25, 0.3) is 0 Å². The summed E-state index contributed by atoms with van der Waals surface area (Å²) < 4.78 is 4.84. The molecule has 1 aromatic carbocycles. The van der Waals surface area contributed by atoms with E-state index in [4.69, 9.17) is 4.42 Å². The molecule has 0 unspecified atom stereocenters. The number of furan rings is 1. The average molecular weight is 332 g/mol. The number of amides is 3. The van der Waals surface area contributed by atoms with Gasteiger partial charge in [0.05, 0.1) is 17.4 Å². The van der Waals surface area contributed by atoms with Crippen molar-refractivity contribution in [1.29, 1.82) is 0 Å². The zero-order valence-corrected chi connectivity index (χ0v) is 13.0. The van der Waals surface area contributed by atoms with Gasteiger partial charge in [0, 0.05) is 6.04 Å². The van der Waals surface area contributed by atoms with E-state index >= 15 is 0 Å². The smallest absolute Gasteiger partial charge is 0.395 e. The Bertz CT molecular complexity index is 769. The molecule has 1 aromatic heterocycles. The monoisotopic (exact) mass is 332 g/mol. The second-order valence-electron chi connectivity index (χ2n) is 5.15. The highest BCUT2D eigenvalue weighted by Crippen LogP contribution is 2.23. The molecule has 3 N–H and O–H groups in total. The van der Waals surface area contributed by atoms with E-state index in [9.17, 15) is 19.7 Å². The number of nitro groups is 1. The van der Waals surface area contributed by atoms with Gasteiger partial charge in [-0.2, -0.15) is 0 Å². The number of benzene rings is 1. The molecule has 1 heterocycles. The molecular formula is C15H16N4O5. The second kappa shape index (κ2) is 7.27. The first-order valence-electron chi connectivity index (χ1n) is 7.09. The van der Waals surface area contributed by atoms with E-state index in [0.717, 1.165) is 6.07 Å². The first-order chi connectivity index (χ1) is 11.4. The van der Waals surface area contributed by atoms with Crippen LogP contribution in [0.15, 0.2) is 40.8 Å². The largest absolute Gasteiger partial charge is 0.433 e. The first kappa shape index (κ1) is 17.0. The molecule has 0 atom stereocenters. The summed E-state index contributed by atoms with van der Waals surface area (Å²) in [6, 6.07) is 8.39. The van der Waals surface area contributed by atoms with Crippen LogP contribution in [-0.2, 0) is 0 Å². The molecule has 2 rings (SSSR count). The fourth-order valence-electron chi connectivity index (χ4n) is 1.85. The summed E-state index contributed by atoms with van der Waals surface area (Å²) in [5, 5.41) is 18.4. The number of nitrogens with one attached hydrogen (secondary N) is 3. The van der Waals surface area contributed by atoms with Crippen molar-refractivity contribution in [1.82, 2.24) is 5.32 Å². The normalized spacial score (nSPS) is 10.3. The Labute approximate surface area is 137 Å². The van der Waals surface area contributed by atoms with E-state index < -0.39 is 22.7 Å². The average Bonchev–Trinajstić information content (AvgIpc) is 2.98. The number of hydrogen-bond acceptors (Lipinski definition) is 5. The zero-order chi connectivity index (χ0) is 17.7. The number of hydrogen-bond donors (Lipinski definition) is 3. The van der Waals surface area contributed by atoms with Crippen molar-refractivity contribution in [2.24, 2.45) is 0 Å². The van der Waals surface area contributed by atoms with Gasteiger partial charge < -0.3 is 20.4 Å². The Morgan fingerprint density at radius 1 is 1.08 bits per heavy atom. The lowest BCUT2D eigenvalue weighted by Crippen LogP contribution is -2.34. The van der Waals surface area contributed by atoms with Crippen molar-refractivity contribution >= 4 is 29.2 Å². The van der Waals surface area contributed by atoms with Gasteiger partial charge in [0.25, 0.3) is 5.91 Å². The molecule has 0 aliphatic heterocycles. The summed E-state index contributed by atoms with van der Waals surface area (Å²) in [5.74, 6) is -1.40. The molecule has 0 saturated carbocycles. The Morgan fingerprint density at radius 3 is 2.25 bits per heavy atom. The number of carbonyl (C=O) groups is 2. The fraction of sp³-hybridized carbons (Fsp3) is 0.200. The maximum absolute atomic E-state index is 12.1. The standard InChI is InChI=1S/C15H16N4O5/c1-9(2)16-15(21)18-11-6-4-3-5-10(11)17-14(20)12-7-8-13(24-12)19(22)23/h3-9H,1-2H3,(H,17,20)(H2,16,18,21).